The Labute approximate surface area is 225 Å². The van der Waals surface area contributed by atoms with E-state index >= 15 is 0 Å². The molecule has 0 saturated heterocycles. The van der Waals surface area contributed by atoms with Gasteiger partial charge >= 0.3 is 15.6 Å². The lowest BCUT2D eigenvalue weighted by Crippen LogP contribution is -2.32. The Morgan fingerprint density at radius 2 is 0.946 bits per heavy atom. The molecule has 0 aliphatic rings. The lowest BCUT2D eigenvalue weighted by atomic mass is 10.1. The van der Waals surface area contributed by atoms with Crippen molar-refractivity contribution in [1.29, 1.82) is 0 Å². The first kappa shape index (κ1) is 36.6. The van der Waals surface area contributed by atoms with E-state index in [4.69, 9.17) is 9.47 Å². The second-order valence-corrected chi connectivity index (χ2v) is 11.7. The van der Waals surface area contributed by atoms with Crippen molar-refractivity contribution in [3.05, 3.63) is 0 Å². The standard InChI is InChI=1S/C28H55F3O5S/c1-3-5-7-9-11-13-15-17-19-21-23-34-25-27(26-36-37(32,33)28(29,30)31)35-24-22-20-18-16-14-12-10-8-6-4-2/h27H,3-26H2,1-2H3/t27-/m0/s1. The van der Waals surface area contributed by atoms with E-state index < -0.39 is 28.3 Å². The number of hydrogen-bond donors (Lipinski definition) is 0. The van der Waals surface area contributed by atoms with Crippen molar-refractivity contribution >= 4 is 10.1 Å². The molecule has 0 spiro atoms. The molecule has 0 aliphatic carbocycles. The summed E-state index contributed by atoms with van der Waals surface area (Å²) < 4.78 is 75.7. The normalized spacial score (nSPS) is 13.3. The molecule has 0 N–H and O–H groups in total. The summed E-state index contributed by atoms with van der Waals surface area (Å²) in [6, 6.07) is 0. The molecule has 0 bridgehead atoms. The SMILES string of the molecule is CCCCCCCCCCCCOC[C@@H](COS(=O)(=O)C(F)(F)F)OCCCCCCCCCCCC. The van der Waals surface area contributed by atoms with Crippen LogP contribution in [0.25, 0.3) is 0 Å². The fraction of sp³-hybridized carbons (Fsp3) is 1.00. The van der Waals surface area contributed by atoms with Crippen molar-refractivity contribution in [3.8, 4) is 0 Å². The Morgan fingerprint density at radius 3 is 1.35 bits per heavy atom. The van der Waals surface area contributed by atoms with E-state index in [9.17, 15) is 21.6 Å². The maximum absolute atomic E-state index is 12.6. The van der Waals surface area contributed by atoms with Crippen molar-refractivity contribution in [1.82, 2.24) is 0 Å². The highest BCUT2D eigenvalue weighted by molar-refractivity contribution is 7.87. The van der Waals surface area contributed by atoms with Crippen LogP contribution < -0.4 is 0 Å². The maximum atomic E-state index is 12.6. The molecule has 5 nitrogen and oxygen atoms in total. The minimum absolute atomic E-state index is 0.0164. The van der Waals surface area contributed by atoms with Gasteiger partial charge in [0.05, 0.1) is 13.2 Å². The highest BCUT2D eigenvalue weighted by Crippen LogP contribution is 2.25. The number of halogens is 3. The summed E-state index contributed by atoms with van der Waals surface area (Å²) >= 11 is 0. The van der Waals surface area contributed by atoms with Crippen LogP contribution in [-0.4, -0.2) is 46.5 Å². The zero-order valence-electron chi connectivity index (χ0n) is 23.6. The Bertz CT molecular complexity index is 585. The van der Waals surface area contributed by atoms with E-state index in [-0.39, 0.29) is 6.61 Å². The summed E-state index contributed by atoms with van der Waals surface area (Å²) in [5.74, 6) is 0. The second kappa shape index (κ2) is 24.6. The molecule has 1 atom stereocenters. The van der Waals surface area contributed by atoms with Gasteiger partial charge in [0.1, 0.15) is 6.10 Å². The first-order chi connectivity index (χ1) is 17.7. The van der Waals surface area contributed by atoms with Crippen molar-refractivity contribution in [2.75, 3.05) is 26.4 Å². The van der Waals surface area contributed by atoms with Gasteiger partial charge in [-0.15, -0.1) is 0 Å². The first-order valence-corrected chi connectivity index (χ1v) is 16.3. The van der Waals surface area contributed by atoms with E-state index in [1.165, 1.54) is 89.9 Å². The molecule has 0 aliphatic heterocycles. The van der Waals surface area contributed by atoms with E-state index in [0.29, 0.717) is 13.2 Å². The maximum Gasteiger partial charge on any atom is 0.523 e. The lowest BCUT2D eigenvalue weighted by Gasteiger charge is -2.18. The van der Waals surface area contributed by atoms with Crippen molar-refractivity contribution in [2.45, 2.75) is 154 Å². The van der Waals surface area contributed by atoms with Gasteiger partial charge in [-0.25, -0.2) is 0 Å². The highest BCUT2D eigenvalue weighted by Gasteiger charge is 2.47. The van der Waals surface area contributed by atoms with Crippen LogP contribution >= 0.6 is 0 Å². The van der Waals surface area contributed by atoms with Crippen molar-refractivity contribution in [2.24, 2.45) is 0 Å². The van der Waals surface area contributed by atoms with Crippen LogP contribution in [0.4, 0.5) is 13.2 Å². The monoisotopic (exact) mass is 560 g/mol. The average molecular weight is 561 g/mol. The number of unbranched alkanes of at least 4 members (excludes halogenated alkanes) is 18. The molecule has 224 valence electrons. The fourth-order valence-electron chi connectivity index (χ4n) is 4.12. The number of alkyl halides is 3. The van der Waals surface area contributed by atoms with Crippen molar-refractivity contribution in [3.63, 3.8) is 0 Å². The van der Waals surface area contributed by atoms with Crippen LogP contribution in [-0.2, 0) is 23.8 Å². The van der Waals surface area contributed by atoms with Crippen LogP contribution in [0, 0.1) is 0 Å². The molecule has 0 aromatic rings. The number of ether oxygens (including phenoxy) is 2. The Morgan fingerprint density at radius 1 is 0.568 bits per heavy atom. The third kappa shape index (κ3) is 23.2. The predicted octanol–water partition coefficient (Wildman–Crippen LogP) is 9.10. The van der Waals surface area contributed by atoms with Gasteiger partial charge in [-0.05, 0) is 12.8 Å². The zero-order valence-corrected chi connectivity index (χ0v) is 24.4. The second-order valence-electron chi connectivity index (χ2n) is 10.1. The van der Waals surface area contributed by atoms with Gasteiger partial charge in [0.2, 0.25) is 0 Å². The third-order valence-electron chi connectivity index (χ3n) is 6.49. The quantitative estimate of drug-likeness (QED) is 0.0542. The minimum atomic E-state index is -5.64. The summed E-state index contributed by atoms with van der Waals surface area (Å²) in [6.45, 7) is 4.56. The van der Waals surface area contributed by atoms with Gasteiger partial charge < -0.3 is 9.47 Å². The molecular formula is C28H55F3O5S. The fourth-order valence-corrected chi connectivity index (χ4v) is 4.59. The Kier molecular flexibility index (Phi) is 24.4. The van der Waals surface area contributed by atoms with E-state index in [2.05, 4.69) is 18.0 Å². The van der Waals surface area contributed by atoms with E-state index in [1.807, 2.05) is 0 Å². The molecule has 0 unspecified atom stereocenters. The smallest absolute Gasteiger partial charge is 0.379 e. The molecule has 0 aromatic carbocycles. The van der Waals surface area contributed by atoms with Crippen LogP contribution in [0.2, 0.25) is 0 Å². The average Bonchev–Trinajstić information content (AvgIpc) is 2.85. The van der Waals surface area contributed by atoms with Gasteiger partial charge in [0.25, 0.3) is 0 Å². The van der Waals surface area contributed by atoms with E-state index in [1.54, 1.807) is 0 Å². The summed E-state index contributed by atoms with van der Waals surface area (Å²) in [5, 5.41) is 0. The van der Waals surface area contributed by atoms with Crippen LogP contribution in [0.3, 0.4) is 0 Å². The molecule has 0 amide bonds. The highest BCUT2D eigenvalue weighted by atomic mass is 32.2. The summed E-state index contributed by atoms with van der Waals surface area (Å²) in [7, 11) is -5.64. The molecule has 9 heteroatoms. The number of rotatable bonds is 28. The predicted molar refractivity (Wildman–Crippen MR) is 145 cm³/mol. The molecule has 0 radical (unpaired) electrons. The van der Waals surface area contributed by atoms with Gasteiger partial charge in [-0.1, -0.05) is 129 Å². The summed E-state index contributed by atoms with van der Waals surface area (Å²) in [4.78, 5) is 0. The van der Waals surface area contributed by atoms with Gasteiger partial charge in [0, 0.05) is 13.2 Å². The molecule has 0 rings (SSSR count). The molecule has 0 saturated carbocycles. The lowest BCUT2D eigenvalue weighted by molar-refractivity contribution is -0.0662. The zero-order chi connectivity index (χ0) is 27.7. The van der Waals surface area contributed by atoms with E-state index in [0.717, 1.165) is 38.5 Å². The Balaban J connectivity index is 4.06. The molecule has 0 heterocycles. The van der Waals surface area contributed by atoms with Gasteiger partial charge in [-0.3, -0.25) is 4.18 Å². The Hall–Kier alpha value is -0.380. The molecule has 37 heavy (non-hydrogen) atoms. The molecule has 0 fully saturated rings. The van der Waals surface area contributed by atoms with Gasteiger partial charge in [0.15, 0.2) is 0 Å². The summed E-state index contributed by atoms with van der Waals surface area (Å²) in [6.07, 6.45) is 22.8. The molecule has 0 aromatic heterocycles. The van der Waals surface area contributed by atoms with Crippen LogP contribution in [0.15, 0.2) is 0 Å². The first-order valence-electron chi connectivity index (χ1n) is 14.9. The summed E-state index contributed by atoms with van der Waals surface area (Å²) in [5.41, 5.74) is -5.44. The van der Waals surface area contributed by atoms with Crippen molar-refractivity contribution < 1.29 is 35.2 Å². The minimum Gasteiger partial charge on any atom is -0.379 e. The largest absolute Gasteiger partial charge is 0.523 e. The van der Waals surface area contributed by atoms with Crippen LogP contribution in [0.1, 0.15) is 142 Å². The number of hydrogen-bond acceptors (Lipinski definition) is 5. The third-order valence-corrected chi connectivity index (χ3v) is 7.50. The topological polar surface area (TPSA) is 61.8 Å². The molecular weight excluding hydrogens is 505 g/mol. The van der Waals surface area contributed by atoms with Gasteiger partial charge in [-0.2, -0.15) is 21.6 Å². The van der Waals surface area contributed by atoms with Crippen LogP contribution in [0.5, 0.6) is 0 Å².